The van der Waals surface area contributed by atoms with Gasteiger partial charge in [-0.3, -0.25) is 4.79 Å². The van der Waals surface area contributed by atoms with Gasteiger partial charge in [-0.1, -0.05) is 12.2 Å². The van der Waals surface area contributed by atoms with Gasteiger partial charge >= 0.3 is 0 Å². The van der Waals surface area contributed by atoms with Gasteiger partial charge in [0.2, 0.25) is 0 Å². The van der Waals surface area contributed by atoms with E-state index < -0.39 is 0 Å². The van der Waals surface area contributed by atoms with Crippen molar-refractivity contribution in [2.45, 2.75) is 13.3 Å². The molecule has 13 heavy (non-hydrogen) atoms. The van der Waals surface area contributed by atoms with Gasteiger partial charge in [0.15, 0.2) is 5.78 Å². The van der Waals surface area contributed by atoms with E-state index in [4.69, 9.17) is 5.26 Å². The van der Waals surface area contributed by atoms with Crippen molar-refractivity contribution in [2.75, 3.05) is 0 Å². The summed E-state index contributed by atoms with van der Waals surface area (Å²) >= 11 is 1.43. The monoisotopic (exact) mass is 191 g/mol. The summed E-state index contributed by atoms with van der Waals surface area (Å²) in [6, 6.07) is 3.85. The van der Waals surface area contributed by atoms with Crippen LogP contribution in [0.1, 0.15) is 28.6 Å². The number of carbonyl (C=O) groups excluding carboxylic acids is 1. The lowest BCUT2D eigenvalue weighted by molar-refractivity contribution is 0.102. The quantitative estimate of drug-likeness (QED) is 0.689. The fraction of sp³-hybridized carbons (Fsp3) is 0.200. The fourth-order valence-corrected chi connectivity index (χ4v) is 1.65. The van der Waals surface area contributed by atoms with E-state index in [2.05, 4.69) is 0 Å². The topological polar surface area (TPSA) is 40.9 Å². The maximum Gasteiger partial charge on any atom is 0.169 e. The third-order valence-corrected chi connectivity index (χ3v) is 2.54. The molecule has 0 aromatic carbocycles. The highest BCUT2D eigenvalue weighted by Crippen LogP contribution is 2.16. The predicted octanol–water partition coefficient (Wildman–Crippen LogP) is 2.88. The molecule has 1 heterocycles. The maximum absolute atomic E-state index is 10.9. The molecule has 0 fully saturated rings. The van der Waals surface area contributed by atoms with Gasteiger partial charge in [-0.15, -0.1) is 11.3 Å². The zero-order valence-corrected chi connectivity index (χ0v) is 8.10. The predicted molar refractivity (Wildman–Crippen MR) is 53.6 cm³/mol. The average Bonchev–Trinajstić information content (AvgIpc) is 2.53. The van der Waals surface area contributed by atoms with Crippen molar-refractivity contribution in [3.8, 4) is 6.07 Å². The molecule has 0 aliphatic carbocycles. The summed E-state index contributed by atoms with van der Waals surface area (Å²) < 4.78 is 0. The van der Waals surface area contributed by atoms with Gasteiger partial charge in [0, 0.05) is 0 Å². The summed E-state index contributed by atoms with van der Waals surface area (Å²) in [5.74, 6) is 0.0879. The zero-order valence-electron chi connectivity index (χ0n) is 7.28. The molecule has 0 bridgehead atoms. The van der Waals surface area contributed by atoms with Crippen LogP contribution in [0, 0.1) is 11.3 Å². The van der Waals surface area contributed by atoms with E-state index in [-0.39, 0.29) is 5.78 Å². The van der Waals surface area contributed by atoms with E-state index in [1.165, 1.54) is 11.3 Å². The molecule has 0 amide bonds. The number of rotatable bonds is 3. The number of hydrogen-bond acceptors (Lipinski definition) is 3. The summed E-state index contributed by atoms with van der Waals surface area (Å²) in [4.78, 5) is 11.7. The molecule has 0 radical (unpaired) electrons. The Labute approximate surface area is 81.1 Å². The Kier molecular flexibility index (Phi) is 3.41. The number of nitrogens with zero attached hydrogens (tertiary/aromatic N) is 1. The van der Waals surface area contributed by atoms with Crippen molar-refractivity contribution in [1.82, 2.24) is 0 Å². The molecule has 2 nitrogen and oxygen atoms in total. The van der Waals surface area contributed by atoms with E-state index in [1.54, 1.807) is 13.0 Å². The minimum atomic E-state index is 0.0879. The maximum atomic E-state index is 10.9. The molecule has 0 saturated heterocycles. The summed E-state index contributed by atoms with van der Waals surface area (Å²) in [5.41, 5.74) is 0.991. The molecule has 0 aliphatic heterocycles. The van der Waals surface area contributed by atoms with Crippen LogP contribution in [-0.2, 0) is 0 Å². The van der Waals surface area contributed by atoms with Gasteiger partial charge in [-0.05, 0) is 23.9 Å². The average molecular weight is 191 g/mol. The van der Waals surface area contributed by atoms with Gasteiger partial charge in [0.05, 0.1) is 17.4 Å². The van der Waals surface area contributed by atoms with Crippen LogP contribution in [0.15, 0.2) is 17.5 Å². The first-order valence-corrected chi connectivity index (χ1v) is 4.75. The number of hydrogen-bond donors (Lipinski definition) is 0. The summed E-state index contributed by atoms with van der Waals surface area (Å²) in [6.07, 6.45) is 4.05. The lowest BCUT2D eigenvalue weighted by Crippen LogP contribution is -1.83. The van der Waals surface area contributed by atoms with Gasteiger partial charge in [-0.2, -0.15) is 5.26 Å². The zero-order chi connectivity index (χ0) is 9.68. The van der Waals surface area contributed by atoms with Crippen LogP contribution in [0.5, 0.6) is 0 Å². The van der Waals surface area contributed by atoms with Gasteiger partial charge < -0.3 is 0 Å². The molecule has 0 unspecified atom stereocenters. The van der Waals surface area contributed by atoms with Crippen LogP contribution in [0.25, 0.3) is 6.08 Å². The van der Waals surface area contributed by atoms with Crippen LogP contribution in [0.3, 0.4) is 0 Å². The van der Waals surface area contributed by atoms with Crippen molar-refractivity contribution in [3.63, 3.8) is 0 Å². The van der Waals surface area contributed by atoms with Crippen LogP contribution in [0.2, 0.25) is 0 Å². The minimum absolute atomic E-state index is 0.0879. The minimum Gasteiger partial charge on any atom is -0.294 e. The van der Waals surface area contributed by atoms with Crippen molar-refractivity contribution in [1.29, 1.82) is 5.26 Å². The number of ketones is 1. The Morgan fingerprint density at radius 3 is 3.08 bits per heavy atom. The van der Waals surface area contributed by atoms with Gasteiger partial charge in [0.25, 0.3) is 0 Å². The largest absolute Gasteiger partial charge is 0.294 e. The first kappa shape index (κ1) is 9.69. The lowest BCUT2D eigenvalue weighted by atomic mass is 10.2. The number of nitriles is 1. The third kappa shape index (κ3) is 2.85. The Bertz CT molecular complexity index is 371. The number of allylic oxidation sites excluding steroid dienone is 1. The van der Waals surface area contributed by atoms with Gasteiger partial charge in [0.1, 0.15) is 0 Å². The molecule has 0 N–H and O–H groups in total. The van der Waals surface area contributed by atoms with Crippen LogP contribution < -0.4 is 0 Å². The fourth-order valence-electron chi connectivity index (χ4n) is 0.871. The van der Waals surface area contributed by atoms with E-state index in [9.17, 15) is 4.79 Å². The molecule has 1 rings (SSSR count). The Morgan fingerprint density at radius 2 is 2.54 bits per heavy atom. The molecule has 0 atom stereocenters. The standard InChI is InChI=1S/C10H9NOS/c1-8(12)10-6-9(7-13-10)4-2-3-5-11/h2,4,6-7H,3H2,1H3. The third-order valence-electron chi connectivity index (χ3n) is 1.49. The SMILES string of the molecule is CC(=O)c1cc(C=CCC#N)cs1. The summed E-state index contributed by atoms with van der Waals surface area (Å²) in [7, 11) is 0. The van der Waals surface area contributed by atoms with Crippen LogP contribution in [0.4, 0.5) is 0 Å². The normalized spacial score (nSPS) is 10.2. The Balaban J connectivity index is 2.70. The smallest absolute Gasteiger partial charge is 0.169 e. The highest BCUT2D eigenvalue weighted by Gasteiger charge is 2.00. The highest BCUT2D eigenvalue weighted by atomic mass is 32.1. The Hall–Kier alpha value is -1.40. The second-order valence-electron chi connectivity index (χ2n) is 2.57. The number of thiophene rings is 1. The molecule has 0 aliphatic rings. The molecule has 0 saturated carbocycles. The van der Waals surface area contributed by atoms with E-state index in [0.717, 1.165) is 10.4 Å². The first-order chi connectivity index (χ1) is 6.24. The molecule has 1 aromatic rings. The van der Waals surface area contributed by atoms with Crippen molar-refractivity contribution in [2.24, 2.45) is 0 Å². The molecule has 1 aromatic heterocycles. The van der Waals surface area contributed by atoms with E-state index in [1.807, 2.05) is 23.6 Å². The summed E-state index contributed by atoms with van der Waals surface area (Å²) in [5, 5.41) is 10.2. The number of Topliss-reactive ketones (excluding diaryl/α,β-unsaturated/α-hetero) is 1. The molecular formula is C10H9NOS. The second kappa shape index (κ2) is 4.58. The molecule has 3 heteroatoms. The van der Waals surface area contributed by atoms with E-state index in [0.29, 0.717) is 6.42 Å². The van der Waals surface area contributed by atoms with Crippen molar-refractivity contribution < 1.29 is 4.79 Å². The molecule has 66 valence electrons. The van der Waals surface area contributed by atoms with Crippen LogP contribution in [-0.4, -0.2) is 5.78 Å². The van der Waals surface area contributed by atoms with Gasteiger partial charge in [-0.25, -0.2) is 0 Å². The molecule has 0 spiro atoms. The number of carbonyl (C=O) groups is 1. The van der Waals surface area contributed by atoms with Crippen molar-refractivity contribution >= 4 is 23.2 Å². The molecular weight excluding hydrogens is 182 g/mol. The van der Waals surface area contributed by atoms with Crippen molar-refractivity contribution in [3.05, 3.63) is 28.0 Å². The Morgan fingerprint density at radius 1 is 1.77 bits per heavy atom. The first-order valence-electron chi connectivity index (χ1n) is 3.87. The van der Waals surface area contributed by atoms with Crippen LogP contribution >= 0.6 is 11.3 Å². The van der Waals surface area contributed by atoms with E-state index >= 15 is 0 Å². The lowest BCUT2D eigenvalue weighted by Gasteiger charge is -1.82. The second-order valence-corrected chi connectivity index (χ2v) is 3.48. The summed E-state index contributed by atoms with van der Waals surface area (Å²) in [6.45, 7) is 1.55. The highest BCUT2D eigenvalue weighted by molar-refractivity contribution is 7.12.